The van der Waals surface area contributed by atoms with Crippen LogP contribution in [0.1, 0.15) is 0 Å². The van der Waals surface area contributed by atoms with Crippen molar-refractivity contribution in [3.63, 3.8) is 0 Å². The van der Waals surface area contributed by atoms with Crippen molar-refractivity contribution >= 4 is 41.6 Å². The second kappa shape index (κ2) is 7.24. The van der Waals surface area contributed by atoms with E-state index in [0.29, 0.717) is 22.4 Å². The molecule has 10 heteroatoms. The van der Waals surface area contributed by atoms with Crippen molar-refractivity contribution in [2.45, 2.75) is 0 Å². The molecule has 0 saturated carbocycles. The number of anilines is 2. The summed E-state index contributed by atoms with van der Waals surface area (Å²) in [5, 5.41) is 22.2. The minimum absolute atomic E-state index is 0.284. The van der Waals surface area contributed by atoms with Gasteiger partial charge in [-0.05, 0) is 24.3 Å². The first kappa shape index (κ1) is 17.3. The van der Waals surface area contributed by atoms with Gasteiger partial charge < -0.3 is 25.0 Å². The molecule has 4 N–H and O–H groups in total. The van der Waals surface area contributed by atoms with E-state index in [9.17, 15) is 0 Å². The Morgan fingerprint density at radius 3 is 2.89 bits per heavy atom. The van der Waals surface area contributed by atoms with Crippen LogP contribution in [0.2, 0.25) is 5.02 Å². The van der Waals surface area contributed by atoms with Crippen LogP contribution in [0, 0.1) is 0 Å². The average Bonchev–Trinajstić information content (AvgIpc) is 3.07. The maximum absolute atomic E-state index is 8.91. The fourth-order valence-corrected chi connectivity index (χ4v) is 2.86. The molecule has 0 saturated heterocycles. The van der Waals surface area contributed by atoms with Gasteiger partial charge in [0.15, 0.2) is 0 Å². The van der Waals surface area contributed by atoms with Crippen LogP contribution in [0.3, 0.4) is 0 Å². The fourth-order valence-electron chi connectivity index (χ4n) is 2.67. The van der Waals surface area contributed by atoms with E-state index in [-0.39, 0.29) is 5.75 Å². The van der Waals surface area contributed by atoms with E-state index >= 15 is 0 Å². The SMILES string of the molecule is OB(O)Oc1cccc(Nc2ncc(Cl)c(-c3c[nH]c4ncccc34)n2)c1. The minimum Gasteiger partial charge on any atom is -0.512 e. The summed E-state index contributed by atoms with van der Waals surface area (Å²) in [6, 6.07) is 10.4. The molecule has 0 unspecified atom stereocenters. The topological polar surface area (TPSA) is 116 Å². The quantitative estimate of drug-likeness (QED) is 0.393. The lowest BCUT2D eigenvalue weighted by atomic mass is 10.1. The number of aromatic nitrogens is 4. The maximum Gasteiger partial charge on any atom is 0.707 e. The zero-order valence-corrected chi connectivity index (χ0v) is 14.6. The molecule has 134 valence electrons. The molecule has 4 aromatic rings. The van der Waals surface area contributed by atoms with E-state index in [1.165, 1.54) is 6.20 Å². The average molecular weight is 382 g/mol. The van der Waals surface area contributed by atoms with Crippen molar-refractivity contribution in [3.8, 4) is 17.0 Å². The molecule has 27 heavy (non-hydrogen) atoms. The number of nitrogens with one attached hydrogen (secondary N) is 2. The zero-order chi connectivity index (χ0) is 18.8. The Labute approximate surface area is 159 Å². The Balaban J connectivity index is 1.67. The molecule has 0 fully saturated rings. The van der Waals surface area contributed by atoms with Gasteiger partial charge in [0.1, 0.15) is 11.4 Å². The summed E-state index contributed by atoms with van der Waals surface area (Å²) in [5.74, 6) is 0.612. The zero-order valence-electron chi connectivity index (χ0n) is 13.8. The van der Waals surface area contributed by atoms with Crippen molar-refractivity contribution < 1.29 is 14.7 Å². The molecule has 0 aliphatic heterocycles. The highest BCUT2D eigenvalue weighted by molar-refractivity contribution is 6.34. The van der Waals surface area contributed by atoms with Crippen LogP contribution in [0.4, 0.5) is 11.6 Å². The number of benzene rings is 1. The van der Waals surface area contributed by atoms with Gasteiger partial charge in [0, 0.05) is 35.1 Å². The third kappa shape index (κ3) is 3.70. The van der Waals surface area contributed by atoms with Gasteiger partial charge in [-0.2, -0.15) is 0 Å². The highest BCUT2D eigenvalue weighted by atomic mass is 35.5. The van der Waals surface area contributed by atoms with Crippen LogP contribution < -0.4 is 9.97 Å². The molecule has 0 aliphatic rings. The normalized spacial score (nSPS) is 10.8. The summed E-state index contributed by atoms with van der Waals surface area (Å²) in [6.07, 6.45) is 5.02. The summed E-state index contributed by atoms with van der Waals surface area (Å²) >= 11 is 6.31. The number of fused-ring (bicyclic) bond motifs is 1. The van der Waals surface area contributed by atoms with E-state index in [2.05, 4.69) is 25.3 Å². The number of H-pyrrole nitrogens is 1. The summed E-state index contributed by atoms with van der Waals surface area (Å²) in [7, 11) is -1.89. The smallest absolute Gasteiger partial charge is 0.512 e. The molecule has 0 bridgehead atoms. The molecule has 0 radical (unpaired) electrons. The molecule has 0 spiro atoms. The Morgan fingerprint density at radius 2 is 2.04 bits per heavy atom. The molecule has 3 aromatic heterocycles. The lowest BCUT2D eigenvalue weighted by molar-refractivity contribution is 0.288. The lowest BCUT2D eigenvalue weighted by Gasteiger charge is -2.10. The molecule has 0 amide bonds. The van der Waals surface area contributed by atoms with Gasteiger partial charge >= 0.3 is 7.32 Å². The highest BCUT2D eigenvalue weighted by Gasteiger charge is 2.14. The van der Waals surface area contributed by atoms with Gasteiger partial charge in [-0.3, -0.25) is 0 Å². The van der Waals surface area contributed by atoms with Crippen molar-refractivity contribution in [2.75, 3.05) is 5.32 Å². The molecule has 0 aliphatic carbocycles. The first-order valence-electron chi connectivity index (χ1n) is 7.95. The number of hydrogen-bond donors (Lipinski definition) is 4. The van der Waals surface area contributed by atoms with Crippen LogP contribution in [-0.4, -0.2) is 37.3 Å². The third-order valence-electron chi connectivity index (χ3n) is 3.78. The summed E-state index contributed by atoms with van der Waals surface area (Å²) in [6.45, 7) is 0. The standard InChI is InChI=1S/C17H13BClN5O3/c19-14-9-22-17(23-10-3-1-4-11(7-10)27-18(25)26)24-15(14)13-8-21-16-12(13)5-2-6-20-16/h1-9,25-26H,(H,20,21)(H,22,23,24). The monoisotopic (exact) mass is 381 g/mol. The molecule has 1 aromatic carbocycles. The lowest BCUT2D eigenvalue weighted by Crippen LogP contribution is -2.20. The van der Waals surface area contributed by atoms with Crippen LogP contribution in [-0.2, 0) is 0 Å². The van der Waals surface area contributed by atoms with Gasteiger partial charge in [-0.1, -0.05) is 17.7 Å². The Hall–Kier alpha value is -3.14. The molecule has 4 rings (SSSR count). The summed E-state index contributed by atoms with van der Waals surface area (Å²) < 4.78 is 4.84. The van der Waals surface area contributed by atoms with Gasteiger partial charge in [0.05, 0.1) is 16.9 Å². The predicted octanol–water partition coefficient (Wildman–Crippen LogP) is 2.77. The molecular weight excluding hydrogens is 368 g/mol. The number of aromatic amines is 1. The minimum atomic E-state index is -1.89. The van der Waals surface area contributed by atoms with Crippen molar-refractivity contribution in [2.24, 2.45) is 0 Å². The highest BCUT2D eigenvalue weighted by Crippen LogP contribution is 2.32. The largest absolute Gasteiger partial charge is 0.707 e. The fraction of sp³-hybridized carbons (Fsp3) is 0. The van der Waals surface area contributed by atoms with E-state index in [0.717, 1.165) is 16.6 Å². The van der Waals surface area contributed by atoms with Crippen molar-refractivity contribution in [1.82, 2.24) is 19.9 Å². The van der Waals surface area contributed by atoms with Crippen molar-refractivity contribution in [1.29, 1.82) is 0 Å². The molecule has 0 atom stereocenters. The Kier molecular flexibility index (Phi) is 4.63. The first-order valence-corrected chi connectivity index (χ1v) is 8.33. The Morgan fingerprint density at radius 1 is 1.15 bits per heavy atom. The van der Waals surface area contributed by atoms with Gasteiger partial charge in [-0.25, -0.2) is 15.0 Å². The summed E-state index contributed by atoms with van der Waals surface area (Å²) in [5.41, 5.74) is 2.73. The molecular formula is C17H13BClN5O3. The first-order chi connectivity index (χ1) is 13.1. The van der Waals surface area contributed by atoms with E-state index in [1.807, 2.05) is 12.1 Å². The van der Waals surface area contributed by atoms with Gasteiger partial charge in [-0.15, -0.1) is 0 Å². The number of nitrogens with zero attached hydrogens (tertiary/aromatic N) is 3. The second-order valence-corrected chi connectivity index (χ2v) is 6.00. The second-order valence-electron chi connectivity index (χ2n) is 5.59. The summed E-state index contributed by atoms with van der Waals surface area (Å²) in [4.78, 5) is 16.1. The number of pyridine rings is 1. The van der Waals surface area contributed by atoms with E-state index in [4.69, 9.17) is 26.3 Å². The van der Waals surface area contributed by atoms with Crippen LogP contribution in [0.5, 0.6) is 5.75 Å². The third-order valence-corrected chi connectivity index (χ3v) is 4.06. The molecule has 8 nitrogen and oxygen atoms in total. The predicted molar refractivity (Wildman–Crippen MR) is 103 cm³/mol. The van der Waals surface area contributed by atoms with Crippen LogP contribution in [0.15, 0.2) is 55.0 Å². The molecule has 3 heterocycles. The van der Waals surface area contributed by atoms with Crippen LogP contribution >= 0.6 is 11.6 Å². The van der Waals surface area contributed by atoms with E-state index in [1.54, 1.807) is 36.7 Å². The van der Waals surface area contributed by atoms with E-state index < -0.39 is 7.32 Å². The number of halogens is 1. The maximum atomic E-state index is 8.91. The van der Waals surface area contributed by atoms with Crippen LogP contribution in [0.25, 0.3) is 22.3 Å². The van der Waals surface area contributed by atoms with Gasteiger partial charge in [0.25, 0.3) is 0 Å². The Bertz CT molecular complexity index is 1100. The van der Waals surface area contributed by atoms with Crippen molar-refractivity contribution in [3.05, 3.63) is 60.0 Å². The number of rotatable bonds is 5. The number of hydrogen-bond acceptors (Lipinski definition) is 7. The van der Waals surface area contributed by atoms with Gasteiger partial charge in [0.2, 0.25) is 5.95 Å².